The third kappa shape index (κ3) is 4.92. The van der Waals surface area contributed by atoms with Gasteiger partial charge in [-0.15, -0.1) is 11.3 Å². The number of aromatic amines is 1. The second-order valence-corrected chi connectivity index (χ2v) is 7.15. The monoisotopic (exact) mass is 328 g/mol. The lowest BCUT2D eigenvalue weighted by atomic mass is 10.3. The lowest BCUT2D eigenvalue weighted by Gasteiger charge is -2.03. The van der Waals surface area contributed by atoms with Gasteiger partial charge in [-0.25, -0.2) is 18.1 Å². The van der Waals surface area contributed by atoms with E-state index in [1.165, 1.54) is 17.5 Å². The smallest absolute Gasteiger partial charge is 0.242 e. The van der Waals surface area contributed by atoms with Crippen molar-refractivity contribution < 1.29 is 8.42 Å². The molecule has 6 nitrogen and oxygen atoms in total. The molecule has 0 atom stereocenters. The Hall–Kier alpha value is -1.22. The van der Waals surface area contributed by atoms with E-state index in [0.717, 1.165) is 24.4 Å². The van der Waals surface area contributed by atoms with Crippen molar-refractivity contribution in [3.63, 3.8) is 0 Å². The van der Waals surface area contributed by atoms with Crippen LogP contribution in [0.15, 0.2) is 28.0 Å². The zero-order valence-electron chi connectivity index (χ0n) is 11.9. The standard InChI is InChI=1S/C13H20N4O2S2/c1-2-4-14-7-12-6-13(8-15-12)21(18,19)17-5-3-11-9-20-10-16-11/h6,8-10,14-15,17H,2-5,7H2,1H3. The van der Waals surface area contributed by atoms with E-state index in [4.69, 9.17) is 0 Å². The largest absolute Gasteiger partial charge is 0.363 e. The number of aromatic nitrogens is 2. The number of nitrogens with zero attached hydrogens (tertiary/aromatic N) is 1. The number of sulfonamides is 1. The number of nitrogens with one attached hydrogen (secondary N) is 3. The van der Waals surface area contributed by atoms with Gasteiger partial charge in [-0.2, -0.15) is 0 Å². The highest BCUT2D eigenvalue weighted by Gasteiger charge is 2.15. The summed E-state index contributed by atoms with van der Waals surface area (Å²) in [5.74, 6) is 0. The highest BCUT2D eigenvalue weighted by atomic mass is 32.2. The molecule has 0 amide bonds. The third-order valence-electron chi connectivity index (χ3n) is 2.93. The van der Waals surface area contributed by atoms with Crippen molar-refractivity contribution in [2.24, 2.45) is 0 Å². The van der Waals surface area contributed by atoms with E-state index in [1.807, 2.05) is 5.38 Å². The van der Waals surface area contributed by atoms with Crippen LogP contribution in [0.3, 0.4) is 0 Å². The average Bonchev–Trinajstić information content (AvgIpc) is 3.10. The maximum Gasteiger partial charge on any atom is 0.242 e. The first-order valence-electron chi connectivity index (χ1n) is 6.86. The Morgan fingerprint density at radius 2 is 2.24 bits per heavy atom. The highest BCUT2D eigenvalue weighted by Crippen LogP contribution is 2.10. The average molecular weight is 328 g/mol. The van der Waals surface area contributed by atoms with Gasteiger partial charge in [-0.1, -0.05) is 6.92 Å². The fourth-order valence-electron chi connectivity index (χ4n) is 1.83. The molecular formula is C13H20N4O2S2. The molecule has 0 saturated carbocycles. The molecule has 2 heterocycles. The first-order chi connectivity index (χ1) is 10.1. The van der Waals surface area contributed by atoms with Gasteiger partial charge in [0, 0.05) is 36.8 Å². The van der Waals surface area contributed by atoms with Crippen molar-refractivity contribution in [1.29, 1.82) is 0 Å². The quantitative estimate of drug-likeness (QED) is 0.609. The van der Waals surface area contributed by atoms with Crippen molar-refractivity contribution in [3.8, 4) is 0 Å². The summed E-state index contributed by atoms with van der Waals surface area (Å²) >= 11 is 1.51. The number of hydrogen-bond acceptors (Lipinski definition) is 5. The summed E-state index contributed by atoms with van der Waals surface area (Å²) in [6.45, 7) is 3.99. The molecule has 2 aromatic rings. The molecule has 0 aliphatic rings. The van der Waals surface area contributed by atoms with E-state index >= 15 is 0 Å². The van der Waals surface area contributed by atoms with Crippen molar-refractivity contribution in [3.05, 3.63) is 34.5 Å². The van der Waals surface area contributed by atoms with E-state index < -0.39 is 10.0 Å². The van der Waals surface area contributed by atoms with Crippen LogP contribution >= 0.6 is 11.3 Å². The Morgan fingerprint density at radius 1 is 1.38 bits per heavy atom. The SMILES string of the molecule is CCCNCc1cc(S(=O)(=O)NCCc2cscn2)c[nH]1. The summed E-state index contributed by atoms with van der Waals surface area (Å²) in [4.78, 5) is 7.38. The molecule has 0 saturated heterocycles. The van der Waals surface area contributed by atoms with Gasteiger partial charge in [0.05, 0.1) is 16.1 Å². The van der Waals surface area contributed by atoms with Gasteiger partial charge < -0.3 is 10.3 Å². The minimum atomic E-state index is -3.46. The lowest BCUT2D eigenvalue weighted by Crippen LogP contribution is -2.25. The molecule has 0 aromatic carbocycles. The van der Waals surface area contributed by atoms with Gasteiger partial charge in [0.25, 0.3) is 0 Å². The van der Waals surface area contributed by atoms with Gasteiger partial charge in [-0.05, 0) is 19.0 Å². The van der Waals surface area contributed by atoms with Crippen LogP contribution in [0.2, 0.25) is 0 Å². The molecule has 2 aromatic heterocycles. The molecule has 0 spiro atoms. The fourth-order valence-corrected chi connectivity index (χ4v) is 3.48. The molecule has 0 aliphatic carbocycles. The van der Waals surface area contributed by atoms with Crippen LogP contribution in [0.1, 0.15) is 24.7 Å². The summed E-state index contributed by atoms with van der Waals surface area (Å²) in [6.07, 6.45) is 3.16. The molecule has 116 valence electrons. The predicted octanol–water partition coefficient (Wildman–Crippen LogP) is 1.49. The topological polar surface area (TPSA) is 86.9 Å². The van der Waals surface area contributed by atoms with Crippen molar-refractivity contribution >= 4 is 21.4 Å². The number of hydrogen-bond donors (Lipinski definition) is 3. The Labute approximate surface area is 129 Å². The molecule has 0 unspecified atom stereocenters. The van der Waals surface area contributed by atoms with Crippen molar-refractivity contribution in [1.82, 2.24) is 20.0 Å². The lowest BCUT2D eigenvalue weighted by molar-refractivity contribution is 0.581. The van der Waals surface area contributed by atoms with Gasteiger partial charge in [0.2, 0.25) is 10.0 Å². The molecule has 0 fully saturated rings. The second-order valence-electron chi connectivity index (χ2n) is 4.66. The van der Waals surface area contributed by atoms with Crippen molar-refractivity contribution in [2.75, 3.05) is 13.1 Å². The minimum absolute atomic E-state index is 0.272. The normalized spacial score (nSPS) is 11.9. The van der Waals surface area contributed by atoms with Crippen molar-refractivity contribution in [2.45, 2.75) is 31.2 Å². The molecular weight excluding hydrogens is 308 g/mol. The Balaban J connectivity index is 1.86. The maximum absolute atomic E-state index is 12.1. The maximum atomic E-state index is 12.1. The number of rotatable bonds is 9. The van der Waals surface area contributed by atoms with Gasteiger partial charge in [0.15, 0.2) is 0 Å². The van der Waals surface area contributed by atoms with E-state index in [9.17, 15) is 8.42 Å². The van der Waals surface area contributed by atoms with Gasteiger partial charge in [-0.3, -0.25) is 0 Å². The van der Waals surface area contributed by atoms with E-state index in [1.54, 1.807) is 11.6 Å². The summed E-state index contributed by atoms with van der Waals surface area (Å²) in [5.41, 5.74) is 3.51. The highest BCUT2D eigenvalue weighted by molar-refractivity contribution is 7.89. The van der Waals surface area contributed by atoms with Crippen LogP contribution in [-0.4, -0.2) is 31.5 Å². The summed E-state index contributed by atoms with van der Waals surface area (Å²) in [6, 6.07) is 1.66. The van der Waals surface area contributed by atoms with E-state index in [-0.39, 0.29) is 4.90 Å². The van der Waals surface area contributed by atoms with Crippen LogP contribution in [0.5, 0.6) is 0 Å². The summed E-state index contributed by atoms with van der Waals surface area (Å²) in [5, 5.41) is 5.14. The van der Waals surface area contributed by atoms with Gasteiger partial charge >= 0.3 is 0 Å². The Morgan fingerprint density at radius 3 is 2.95 bits per heavy atom. The first kappa shape index (κ1) is 16.2. The van der Waals surface area contributed by atoms with E-state index in [2.05, 4.69) is 26.9 Å². The van der Waals surface area contributed by atoms with Gasteiger partial charge in [0.1, 0.15) is 0 Å². The minimum Gasteiger partial charge on any atom is -0.363 e. The molecule has 2 rings (SSSR count). The summed E-state index contributed by atoms with van der Waals surface area (Å²) < 4.78 is 26.9. The molecule has 21 heavy (non-hydrogen) atoms. The zero-order chi connectivity index (χ0) is 15.1. The fraction of sp³-hybridized carbons (Fsp3) is 0.462. The third-order valence-corrected chi connectivity index (χ3v) is 5.00. The van der Waals surface area contributed by atoms with Crippen LogP contribution in [0, 0.1) is 0 Å². The molecule has 0 radical (unpaired) electrons. The number of H-pyrrole nitrogens is 1. The summed E-state index contributed by atoms with van der Waals surface area (Å²) in [7, 11) is -3.46. The van der Waals surface area contributed by atoms with E-state index in [0.29, 0.717) is 19.5 Å². The number of thiazole rings is 1. The Bertz CT molecular complexity index is 635. The van der Waals surface area contributed by atoms with Crippen LogP contribution in [-0.2, 0) is 23.0 Å². The predicted molar refractivity (Wildman–Crippen MR) is 83.8 cm³/mol. The van der Waals surface area contributed by atoms with Crippen LogP contribution in [0.4, 0.5) is 0 Å². The molecule has 3 N–H and O–H groups in total. The second kappa shape index (κ2) is 7.69. The van der Waals surface area contributed by atoms with Crippen LogP contribution in [0.25, 0.3) is 0 Å². The first-order valence-corrected chi connectivity index (χ1v) is 9.29. The zero-order valence-corrected chi connectivity index (χ0v) is 13.6. The molecule has 0 aliphatic heterocycles. The van der Waals surface area contributed by atoms with Crippen LogP contribution < -0.4 is 10.0 Å². The Kier molecular flexibility index (Phi) is 5.92. The molecule has 0 bridgehead atoms. The molecule has 8 heteroatoms.